The van der Waals surface area contributed by atoms with Crippen molar-refractivity contribution in [3.05, 3.63) is 100.0 Å². The molecule has 212 valence electrons. The molecule has 3 aromatic rings. The third kappa shape index (κ3) is 4.95. The number of hydrogen-bond donors (Lipinski definition) is 0. The monoisotopic (exact) mass is 554 g/mol. The minimum Gasteiger partial charge on any atom is -0.489 e. The average Bonchev–Trinajstić information content (AvgIpc) is 2.99. The van der Waals surface area contributed by atoms with E-state index in [0.717, 1.165) is 33.0 Å². The fourth-order valence-electron chi connectivity index (χ4n) is 6.77. The normalized spacial score (nSPS) is 22.0. The van der Waals surface area contributed by atoms with Crippen LogP contribution in [0, 0.1) is 11.3 Å². The van der Waals surface area contributed by atoms with Crippen LogP contribution in [0.15, 0.2) is 77.6 Å². The van der Waals surface area contributed by atoms with Crippen LogP contribution in [0.2, 0.25) is 0 Å². The number of amides is 4. The molecular weight excluding hydrogens is 520 g/mol. The van der Waals surface area contributed by atoms with Crippen molar-refractivity contribution >= 4 is 17.8 Å². The molecule has 0 spiro atoms. The highest BCUT2D eigenvalue weighted by atomic mass is 16.5. The zero-order chi connectivity index (χ0) is 28.7. The number of carbonyl (C=O) groups is 3. The number of pyridine rings is 1. The van der Waals surface area contributed by atoms with Gasteiger partial charge in [0.25, 0.3) is 5.56 Å². The fourth-order valence-corrected chi connectivity index (χ4v) is 6.77. The van der Waals surface area contributed by atoms with E-state index in [1.165, 1.54) is 14.1 Å². The van der Waals surface area contributed by atoms with E-state index in [-0.39, 0.29) is 30.4 Å². The van der Waals surface area contributed by atoms with Crippen LogP contribution in [-0.4, -0.2) is 70.8 Å². The number of fused-ring (bicyclic) bond motifs is 4. The van der Waals surface area contributed by atoms with E-state index in [2.05, 4.69) is 4.90 Å². The molecule has 4 heterocycles. The summed E-state index contributed by atoms with van der Waals surface area (Å²) in [6.45, 7) is 2.57. The smallest absolute Gasteiger partial charge is 0.332 e. The molecule has 9 nitrogen and oxygen atoms in total. The minimum absolute atomic E-state index is 0.0118. The number of barbiturate groups is 1. The van der Waals surface area contributed by atoms with Crippen LogP contribution in [0.4, 0.5) is 4.79 Å². The van der Waals surface area contributed by atoms with E-state index in [1.807, 2.05) is 65.2 Å². The van der Waals surface area contributed by atoms with Gasteiger partial charge < -0.3 is 14.2 Å². The Kier molecular flexibility index (Phi) is 6.99. The summed E-state index contributed by atoms with van der Waals surface area (Å²) < 4.78 is 7.79. The number of aromatic nitrogens is 1. The fraction of sp³-hybridized carbons (Fsp3) is 0.375. The summed E-state index contributed by atoms with van der Waals surface area (Å²) in [5.41, 5.74) is 1.43. The number of imide groups is 2. The molecule has 0 radical (unpaired) electrons. The second-order valence-electron chi connectivity index (χ2n) is 11.6. The van der Waals surface area contributed by atoms with Gasteiger partial charge in [-0.2, -0.15) is 0 Å². The molecule has 2 fully saturated rings. The Balaban J connectivity index is 1.26. The van der Waals surface area contributed by atoms with Gasteiger partial charge in [-0.05, 0) is 48.1 Å². The van der Waals surface area contributed by atoms with Gasteiger partial charge in [-0.3, -0.25) is 24.2 Å². The van der Waals surface area contributed by atoms with Gasteiger partial charge in [0.15, 0.2) is 0 Å². The number of urea groups is 1. The molecule has 0 aliphatic carbocycles. The molecule has 3 aliphatic heterocycles. The number of benzene rings is 2. The van der Waals surface area contributed by atoms with Crippen molar-refractivity contribution in [2.45, 2.75) is 31.9 Å². The number of piperidine rings is 1. The number of likely N-dealkylation sites (tertiary alicyclic amines) is 1. The number of carbonyl (C=O) groups excluding carboxylic acids is 3. The summed E-state index contributed by atoms with van der Waals surface area (Å²) in [5, 5.41) is 0. The van der Waals surface area contributed by atoms with Gasteiger partial charge >= 0.3 is 6.03 Å². The maximum atomic E-state index is 13.9. The molecule has 3 aliphatic rings. The highest BCUT2D eigenvalue weighted by Crippen LogP contribution is 2.39. The van der Waals surface area contributed by atoms with Crippen molar-refractivity contribution in [2.75, 3.05) is 33.7 Å². The number of nitrogens with zero attached hydrogens (tertiary/aromatic N) is 4. The molecular formula is C32H34N4O5. The van der Waals surface area contributed by atoms with E-state index >= 15 is 0 Å². The predicted molar refractivity (Wildman–Crippen MR) is 152 cm³/mol. The topological polar surface area (TPSA) is 92.2 Å². The Hall–Kier alpha value is -4.24. The zero-order valence-electron chi connectivity index (χ0n) is 23.4. The first-order valence-electron chi connectivity index (χ1n) is 14.0. The summed E-state index contributed by atoms with van der Waals surface area (Å²) in [6.07, 6.45) is 1.13. The Labute approximate surface area is 238 Å². The molecule has 9 heteroatoms. The van der Waals surface area contributed by atoms with Crippen molar-refractivity contribution in [2.24, 2.45) is 11.3 Å². The second-order valence-corrected chi connectivity index (χ2v) is 11.6. The Morgan fingerprint density at radius 3 is 2.20 bits per heavy atom. The van der Waals surface area contributed by atoms with E-state index in [0.29, 0.717) is 32.0 Å². The van der Waals surface area contributed by atoms with E-state index < -0.39 is 23.3 Å². The maximum absolute atomic E-state index is 13.9. The average molecular weight is 555 g/mol. The lowest BCUT2D eigenvalue weighted by atomic mass is 9.75. The predicted octanol–water partition coefficient (Wildman–Crippen LogP) is 3.13. The van der Waals surface area contributed by atoms with Crippen LogP contribution < -0.4 is 10.3 Å². The van der Waals surface area contributed by atoms with Gasteiger partial charge in [-0.25, -0.2) is 4.79 Å². The lowest BCUT2D eigenvalue weighted by Crippen LogP contribution is -2.67. The summed E-state index contributed by atoms with van der Waals surface area (Å²) in [5.74, 6) is 0.102. The minimum atomic E-state index is -1.45. The van der Waals surface area contributed by atoms with Crippen LogP contribution in [0.5, 0.6) is 5.75 Å². The van der Waals surface area contributed by atoms with E-state index in [9.17, 15) is 19.2 Å². The van der Waals surface area contributed by atoms with Crippen LogP contribution in [0.1, 0.15) is 29.2 Å². The molecule has 2 atom stereocenters. The standard InChI is InChI=1S/C32H34N4O5/c1-33-29(38)32(30(39)34(2)31(33)40,16-22-11-13-26(14-12-22)41-20-23-7-4-3-5-8-23)21-35-17-24-15-25(19-35)27-9-6-10-28(37)36(27)18-24/h3-14,24-25H,15-21H2,1-2H3/t24?,25-/m0/s1. The van der Waals surface area contributed by atoms with Gasteiger partial charge in [0.05, 0.1) is 0 Å². The molecule has 2 saturated heterocycles. The zero-order valence-corrected chi connectivity index (χ0v) is 23.4. The van der Waals surface area contributed by atoms with Crippen molar-refractivity contribution in [1.82, 2.24) is 19.3 Å². The molecule has 4 amide bonds. The van der Waals surface area contributed by atoms with Crippen molar-refractivity contribution in [3.8, 4) is 5.75 Å². The van der Waals surface area contributed by atoms with Gasteiger partial charge in [-0.1, -0.05) is 48.5 Å². The molecule has 6 rings (SSSR count). The molecule has 1 aromatic heterocycles. The third-order valence-corrected chi connectivity index (χ3v) is 8.73. The third-order valence-electron chi connectivity index (χ3n) is 8.73. The molecule has 0 N–H and O–H groups in total. The molecule has 2 aromatic carbocycles. The molecule has 2 bridgehead atoms. The highest BCUT2D eigenvalue weighted by Gasteiger charge is 2.56. The Bertz CT molecular complexity index is 1510. The maximum Gasteiger partial charge on any atom is 0.332 e. The Morgan fingerprint density at radius 1 is 0.780 bits per heavy atom. The van der Waals surface area contributed by atoms with Crippen LogP contribution in [-0.2, 0) is 29.2 Å². The lowest BCUT2D eigenvalue weighted by Gasteiger charge is -2.48. The summed E-state index contributed by atoms with van der Waals surface area (Å²) in [4.78, 5) is 57.2. The van der Waals surface area contributed by atoms with Crippen molar-refractivity contribution in [1.29, 1.82) is 0 Å². The highest BCUT2D eigenvalue weighted by molar-refractivity contribution is 6.19. The van der Waals surface area contributed by atoms with Crippen LogP contribution in [0.25, 0.3) is 0 Å². The van der Waals surface area contributed by atoms with Gasteiger partial charge in [0, 0.05) is 58.0 Å². The first-order chi connectivity index (χ1) is 19.7. The van der Waals surface area contributed by atoms with Gasteiger partial charge in [0.1, 0.15) is 17.8 Å². The van der Waals surface area contributed by atoms with Gasteiger partial charge in [0.2, 0.25) is 11.8 Å². The van der Waals surface area contributed by atoms with Crippen molar-refractivity contribution < 1.29 is 19.1 Å². The van der Waals surface area contributed by atoms with E-state index in [1.54, 1.807) is 12.1 Å². The SMILES string of the molecule is CN1C(=O)N(C)C(=O)C(Cc2ccc(OCc3ccccc3)cc2)(CN2CC3C[C@@H](C2)c2cccc(=O)n2C3)C1=O. The number of hydrogen-bond acceptors (Lipinski definition) is 6. The van der Waals surface area contributed by atoms with Crippen LogP contribution in [0.3, 0.4) is 0 Å². The molecule has 41 heavy (non-hydrogen) atoms. The summed E-state index contributed by atoms with van der Waals surface area (Å²) >= 11 is 0. The summed E-state index contributed by atoms with van der Waals surface area (Å²) in [7, 11) is 2.88. The molecule has 0 saturated carbocycles. The van der Waals surface area contributed by atoms with E-state index in [4.69, 9.17) is 4.74 Å². The second kappa shape index (κ2) is 10.6. The number of rotatable bonds is 7. The first kappa shape index (κ1) is 27.0. The quantitative estimate of drug-likeness (QED) is 0.417. The largest absolute Gasteiger partial charge is 0.489 e. The van der Waals surface area contributed by atoms with Gasteiger partial charge in [-0.15, -0.1) is 0 Å². The lowest BCUT2D eigenvalue weighted by molar-refractivity contribution is -0.159. The Morgan fingerprint density at radius 2 is 1.49 bits per heavy atom. The van der Waals surface area contributed by atoms with Crippen LogP contribution >= 0.6 is 0 Å². The molecule has 1 unspecified atom stereocenters. The first-order valence-corrected chi connectivity index (χ1v) is 14.0. The van der Waals surface area contributed by atoms with Crippen molar-refractivity contribution in [3.63, 3.8) is 0 Å². The summed E-state index contributed by atoms with van der Waals surface area (Å²) in [6, 6.07) is 22.1. The number of ether oxygens (including phenoxy) is 1.